The molecule has 142 valence electrons. The third-order valence-electron chi connectivity index (χ3n) is 3.75. The summed E-state index contributed by atoms with van der Waals surface area (Å²) in [5.41, 5.74) is 2.01. The molecule has 0 saturated carbocycles. The van der Waals surface area contributed by atoms with Crippen molar-refractivity contribution >= 4 is 23.4 Å². The van der Waals surface area contributed by atoms with E-state index in [1.165, 1.54) is 12.4 Å². The van der Waals surface area contributed by atoms with E-state index in [0.717, 1.165) is 5.56 Å². The molecule has 0 unspecified atom stereocenters. The van der Waals surface area contributed by atoms with Crippen LogP contribution in [0.25, 0.3) is 0 Å². The molecule has 2 aromatic heterocycles. The highest BCUT2D eigenvalue weighted by molar-refractivity contribution is 5.96. The third kappa shape index (κ3) is 4.88. The van der Waals surface area contributed by atoms with Crippen LogP contribution in [0, 0.1) is 0 Å². The topological polar surface area (TPSA) is 106 Å². The summed E-state index contributed by atoms with van der Waals surface area (Å²) in [6, 6.07) is 10.6. The number of hydrogen-bond donors (Lipinski definition) is 2. The van der Waals surface area contributed by atoms with E-state index in [9.17, 15) is 9.59 Å². The number of anilines is 2. The van der Waals surface area contributed by atoms with Crippen molar-refractivity contribution in [2.24, 2.45) is 0 Å². The monoisotopic (exact) mass is 377 g/mol. The van der Waals surface area contributed by atoms with Gasteiger partial charge >= 0.3 is 5.97 Å². The van der Waals surface area contributed by atoms with Crippen LogP contribution in [0.5, 0.6) is 0 Å². The molecule has 1 aromatic carbocycles. The van der Waals surface area contributed by atoms with Gasteiger partial charge < -0.3 is 15.4 Å². The van der Waals surface area contributed by atoms with E-state index in [4.69, 9.17) is 4.74 Å². The number of pyridine rings is 1. The molecule has 1 amide bonds. The van der Waals surface area contributed by atoms with Crippen LogP contribution in [0.2, 0.25) is 0 Å². The van der Waals surface area contributed by atoms with E-state index in [-0.39, 0.29) is 18.2 Å². The number of nitrogens with one attached hydrogen (secondary N) is 2. The first-order chi connectivity index (χ1) is 13.7. The molecule has 0 aliphatic heterocycles. The number of benzene rings is 1. The molecule has 8 heteroatoms. The van der Waals surface area contributed by atoms with Crippen LogP contribution in [0.4, 0.5) is 11.5 Å². The summed E-state index contributed by atoms with van der Waals surface area (Å²) in [5, 5.41) is 5.78. The molecule has 3 rings (SSSR count). The largest absolute Gasteiger partial charge is 0.462 e. The van der Waals surface area contributed by atoms with Gasteiger partial charge in [0.2, 0.25) is 0 Å². The number of ether oxygens (including phenoxy) is 1. The van der Waals surface area contributed by atoms with E-state index in [2.05, 4.69) is 25.6 Å². The Kier molecular flexibility index (Phi) is 6.25. The lowest BCUT2D eigenvalue weighted by atomic mass is 10.2. The van der Waals surface area contributed by atoms with Gasteiger partial charge in [0, 0.05) is 18.9 Å². The van der Waals surface area contributed by atoms with Crippen molar-refractivity contribution in [3.8, 4) is 0 Å². The van der Waals surface area contributed by atoms with Gasteiger partial charge in [-0.2, -0.15) is 0 Å². The summed E-state index contributed by atoms with van der Waals surface area (Å²) in [5.74, 6) is -0.361. The molecule has 0 bridgehead atoms. The van der Waals surface area contributed by atoms with E-state index in [1.807, 2.05) is 6.07 Å². The first-order valence-corrected chi connectivity index (χ1v) is 8.69. The third-order valence-corrected chi connectivity index (χ3v) is 3.75. The first kappa shape index (κ1) is 19.0. The highest BCUT2D eigenvalue weighted by Gasteiger charge is 2.13. The van der Waals surface area contributed by atoms with E-state index < -0.39 is 5.97 Å². The number of esters is 1. The SMILES string of the molecule is CCOC(=O)c1ccccc1Nc1cnc(C(=O)NCc2cccnc2)cn1. The van der Waals surface area contributed by atoms with Crippen molar-refractivity contribution < 1.29 is 14.3 Å². The fourth-order valence-corrected chi connectivity index (χ4v) is 2.40. The smallest absolute Gasteiger partial charge is 0.340 e. The van der Waals surface area contributed by atoms with Crippen LogP contribution in [-0.4, -0.2) is 33.4 Å². The van der Waals surface area contributed by atoms with Gasteiger partial charge in [-0.1, -0.05) is 18.2 Å². The number of carbonyl (C=O) groups is 2. The lowest BCUT2D eigenvalue weighted by molar-refractivity contribution is 0.0527. The van der Waals surface area contributed by atoms with E-state index >= 15 is 0 Å². The summed E-state index contributed by atoms with van der Waals surface area (Å²) in [6.07, 6.45) is 6.15. The Bertz CT molecular complexity index is 946. The molecule has 8 nitrogen and oxygen atoms in total. The van der Waals surface area contributed by atoms with E-state index in [0.29, 0.717) is 23.6 Å². The molecule has 0 atom stereocenters. The van der Waals surface area contributed by atoms with Crippen LogP contribution in [0.3, 0.4) is 0 Å². The molecule has 28 heavy (non-hydrogen) atoms. The molecule has 0 aliphatic rings. The van der Waals surface area contributed by atoms with Crippen LogP contribution in [-0.2, 0) is 11.3 Å². The molecule has 0 radical (unpaired) electrons. The minimum atomic E-state index is -0.426. The zero-order valence-electron chi connectivity index (χ0n) is 15.3. The molecule has 0 fully saturated rings. The van der Waals surface area contributed by atoms with Gasteiger partial charge in [-0.25, -0.2) is 14.8 Å². The van der Waals surface area contributed by atoms with Gasteiger partial charge in [0.25, 0.3) is 5.91 Å². The normalized spacial score (nSPS) is 10.2. The quantitative estimate of drug-likeness (QED) is 0.610. The Balaban J connectivity index is 1.65. The summed E-state index contributed by atoms with van der Waals surface area (Å²) in [4.78, 5) is 36.5. The standard InChI is InChI=1S/C20H19N5O3/c1-2-28-20(27)15-7-3-4-8-16(15)25-18-13-22-17(12-23-18)19(26)24-11-14-6-5-9-21-10-14/h3-10,12-13H,2,11H2,1H3,(H,23,25)(H,24,26). The minimum absolute atomic E-state index is 0.188. The van der Waals surface area contributed by atoms with Crippen LogP contribution < -0.4 is 10.6 Å². The number of amides is 1. The Hall–Kier alpha value is -3.81. The highest BCUT2D eigenvalue weighted by Crippen LogP contribution is 2.20. The van der Waals surface area contributed by atoms with Gasteiger partial charge in [-0.05, 0) is 30.7 Å². The van der Waals surface area contributed by atoms with Crippen molar-refractivity contribution in [2.45, 2.75) is 13.5 Å². The predicted octanol–water partition coefficient (Wildman–Crippen LogP) is 2.72. The maximum Gasteiger partial charge on any atom is 0.340 e. The highest BCUT2D eigenvalue weighted by atomic mass is 16.5. The Morgan fingerprint density at radius 3 is 2.61 bits per heavy atom. The summed E-state index contributed by atoms with van der Waals surface area (Å²) < 4.78 is 5.05. The lowest BCUT2D eigenvalue weighted by Gasteiger charge is -2.10. The number of nitrogens with zero attached hydrogens (tertiary/aromatic N) is 3. The number of hydrogen-bond acceptors (Lipinski definition) is 7. The van der Waals surface area contributed by atoms with Crippen LogP contribution >= 0.6 is 0 Å². The van der Waals surface area contributed by atoms with Gasteiger partial charge in [0.05, 0.1) is 30.3 Å². The van der Waals surface area contributed by atoms with Gasteiger partial charge in [0.15, 0.2) is 0 Å². The maximum atomic E-state index is 12.2. The number of para-hydroxylation sites is 1. The summed E-state index contributed by atoms with van der Waals surface area (Å²) in [6.45, 7) is 2.38. The fraction of sp³-hybridized carbons (Fsp3) is 0.150. The Morgan fingerprint density at radius 2 is 1.89 bits per heavy atom. The van der Waals surface area contributed by atoms with Crippen LogP contribution in [0.1, 0.15) is 33.3 Å². The minimum Gasteiger partial charge on any atom is -0.462 e. The van der Waals surface area contributed by atoms with Gasteiger partial charge in [0.1, 0.15) is 11.5 Å². The molecular formula is C20H19N5O3. The average molecular weight is 377 g/mol. The van der Waals surface area contributed by atoms with E-state index in [1.54, 1.807) is 49.6 Å². The average Bonchev–Trinajstić information content (AvgIpc) is 2.74. The van der Waals surface area contributed by atoms with Crippen LogP contribution in [0.15, 0.2) is 61.2 Å². The molecule has 3 aromatic rings. The van der Waals surface area contributed by atoms with Crippen molar-refractivity contribution in [3.05, 3.63) is 78.0 Å². The molecule has 0 spiro atoms. The van der Waals surface area contributed by atoms with Crippen molar-refractivity contribution in [1.82, 2.24) is 20.3 Å². The Labute approximate surface area is 162 Å². The second-order valence-corrected chi connectivity index (χ2v) is 5.72. The number of carbonyl (C=O) groups excluding carboxylic acids is 2. The van der Waals surface area contributed by atoms with Crippen molar-refractivity contribution in [2.75, 3.05) is 11.9 Å². The molecule has 2 N–H and O–H groups in total. The molecular weight excluding hydrogens is 358 g/mol. The molecule has 0 saturated heterocycles. The van der Waals surface area contributed by atoms with Gasteiger partial charge in [-0.3, -0.25) is 9.78 Å². The second-order valence-electron chi connectivity index (χ2n) is 5.72. The second kappa shape index (κ2) is 9.22. The van der Waals surface area contributed by atoms with Gasteiger partial charge in [-0.15, -0.1) is 0 Å². The molecule has 0 aliphatic carbocycles. The Morgan fingerprint density at radius 1 is 1.04 bits per heavy atom. The number of rotatable bonds is 7. The number of aromatic nitrogens is 3. The molecule has 2 heterocycles. The summed E-state index contributed by atoms with van der Waals surface area (Å²) in [7, 11) is 0. The van der Waals surface area contributed by atoms with Crippen molar-refractivity contribution in [3.63, 3.8) is 0 Å². The zero-order chi connectivity index (χ0) is 19.8. The fourth-order valence-electron chi connectivity index (χ4n) is 2.40. The van der Waals surface area contributed by atoms with Crippen molar-refractivity contribution in [1.29, 1.82) is 0 Å². The first-order valence-electron chi connectivity index (χ1n) is 8.69. The zero-order valence-corrected chi connectivity index (χ0v) is 15.3. The predicted molar refractivity (Wildman–Crippen MR) is 103 cm³/mol. The maximum absolute atomic E-state index is 12.2. The lowest BCUT2D eigenvalue weighted by Crippen LogP contribution is -2.24. The summed E-state index contributed by atoms with van der Waals surface area (Å²) >= 11 is 0.